The highest BCUT2D eigenvalue weighted by atomic mass is 32.2. The molecule has 0 bridgehead atoms. The molecule has 1 unspecified atom stereocenters. The molecule has 25 heavy (non-hydrogen) atoms. The fourth-order valence-electron chi connectivity index (χ4n) is 2.72. The molecule has 8 heteroatoms. The van der Waals surface area contributed by atoms with Gasteiger partial charge in [0.2, 0.25) is 0 Å². The molecule has 1 aromatic rings. The van der Waals surface area contributed by atoms with E-state index in [9.17, 15) is 9.59 Å². The summed E-state index contributed by atoms with van der Waals surface area (Å²) < 4.78 is 9.83. The Morgan fingerprint density at radius 1 is 1.32 bits per heavy atom. The highest BCUT2D eigenvalue weighted by Gasteiger charge is 2.33. The number of nitrogens with one attached hydrogen (secondary N) is 2. The van der Waals surface area contributed by atoms with Crippen LogP contribution in [0.3, 0.4) is 0 Å². The van der Waals surface area contributed by atoms with Gasteiger partial charge in [-0.3, -0.25) is 5.32 Å². The van der Waals surface area contributed by atoms with Gasteiger partial charge in [0.25, 0.3) is 0 Å². The summed E-state index contributed by atoms with van der Waals surface area (Å²) in [5.41, 5.74) is 2.12. The summed E-state index contributed by atoms with van der Waals surface area (Å²) in [6.07, 6.45) is 1.34. The Bertz CT molecular complexity index is 687. The Morgan fingerprint density at radius 2 is 2.04 bits per heavy atom. The molecule has 1 saturated heterocycles. The summed E-state index contributed by atoms with van der Waals surface area (Å²) in [5.74, 6) is -1.40. The van der Waals surface area contributed by atoms with Crippen molar-refractivity contribution in [3.05, 3.63) is 30.0 Å². The van der Waals surface area contributed by atoms with Gasteiger partial charge in [-0.1, -0.05) is 11.8 Å². The minimum atomic E-state index is -0.700. The van der Waals surface area contributed by atoms with Crippen molar-refractivity contribution >= 4 is 35.1 Å². The third-order valence-electron chi connectivity index (χ3n) is 3.84. The van der Waals surface area contributed by atoms with E-state index in [4.69, 9.17) is 9.47 Å². The van der Waals surface area contributed by atoms with Gasteiger partial charge in [0.1, 0.15) is 5.50 Å². The van der Waals surface area contributed by atoms with Gasteiger partial charge in [-0.15, -0.1) is 0 Å². The Balaban J connectivity index is 1.76. The van der Waals surface area contributed by atoms with E-state index in [0.717, 1.165) is 23.7 Å². The molecule has 0 aromatic heterocycles. The summed E-state index contributed by atoms with van der Waals surface area (Å²) >= 11 is 1.75. The van der Waals surface area contributed by atoms with Gasteiger partial charge < -0.3 is 19.7 Å². The minimum absolute atomic E-state index is 0.154. The monoisotopic (exact) mass is 363 g/mol. The zero-order valence-corrected chi connectivity index (χ0v) is 15.0. The van der Waals surface area contributed by atoms with Gasteiger partial charge in [-0.05, 0) is 32.0 Å². The molecule has 0 spiro atoms. The van der Waals surface area contributed by atoms with E-state index in [1.54, 1.807) is 25.6 Å². The number of ether oxygens (including phenoxy) is 2. The van der Waals surface area contributed by atoms with Gasteiger partial charge in [0, 0.05) is 29.9 Å². The highest BCUT2D eigenvalue weighted by molar-refractivity contribution is 8.00. The first kappa shape index (κ1) is 17.6. The Labute approximate surface area is 150 Å². The van der Waals surface area contributed by atoms with Crippen molar-refractivity contribution in [1.29, 1.82) is 0 Å². The number of thioether (sulfide) groups is 1. The van der Waals surface area contributed by atoms with Crippen LogP contribution in [0.5, 0.6) is 0 Å². The number of fused-ring (bicyclic) bond motifs is 3. The molecule has 7 nitrogen and oxygen atoms in total. The van der Waals surface area contributed by atoms with E-state index in [2.05, 4.69) is 15.5 Å². The number of hydrogen-bond donors (Lipinski definition) is 2. The average molecular weight is 363 g/mol. The number of nitrogens with zero attached hydrogens (tertiary/aromatic N) is 1. The molecule has 0 amide bonds. The Hall–Kier alpha value is -2.19. The maximum Gasteiger partial charge on any atom is 0.347 e. The molecule has 1 atom stereocenters. The zero-order chi connectivity index (χ0) is 17.8. The van der Waals surface area contributed by atoms with Crippen LogP contribution in [-0.2, 0) is 19.1 Å². The first-order valence-electron chi connectivity index (χ1n) is 8.25. The van der Waals surface area contributed by atoms with Crippen molar-refractivity contribution in [2.75, 3.05) is 36.5 Å². The lowest BCUT2D eigenvalue weighted by atomic mass is 10.2. The van der Waals surface area contributed by atoms with Crippen LogP contribution in [0.15, 0.2) is 34.9 Å². The third-order valence-corrected chi connectivity index (χ3v) is 5.06. The van der Waals surface area contributed by atoms with E-state index in [1.165, 1.54) is 11.9 Å². The molecule has 2 aliphatic heterocycles. The number of carbonyl (C=O) groups excluding carboxylic acids is 2. The molecule has 1 aromatic carbocycles. The van der Waals surface area contributed by atoms with Crippen molar-refractivity contribution in [3.63, 3.8) is 0 Å². The molecular formula is C17H21N3O4S. The molecule has 0 radical (unpaired) electrons. The number of esters is 2. The summed E-state index contributed by atoms with van der Waals surface area (Å²) in [6, 6.07) is 5.97. The molecule has 134 valence electrons. The lowest BCUT2D eigenvalue weighted by molar-refractivity contribution is -0.146. The van der Waals surface area contributed by atoms with Crippen LogP contribution in [0.1, 0.15) is 13.8 Å². The van der Waals surface area contributed by atoms with Crippen molar-refractivity contribution in [1.82, 2.24) is 5.32 Å². The fraction of sp³-hybridized carbons (Fsp3) is 0.412. The van der Waals surface area contributed by atoms with E-state index in [-0.39, 0.29) is 24.3 Å². The second kappa shape index (κ2) is 7.79. The SMILES string of the molecule is CCOC(=O)C(=CNc1ccc2c(c1)SC1NCCN21)C(=O)OCC. The topological polar surface area (TPSA) is 79.9 Å². The molecular weight excluding hydrogens is 342 g/mol. The first-order chi connectivity index (χ1) is 12.1. The fourth-order valence-corrected chi connectivity index (χ4v) is 4.01. The normalized spacial score (nSPS) is 17.5. The molecule has 1 fully saturated rings. The van der Waals surface area contributed by atoms with Crippen LogP contribution in [0.2, 0.25) is 0 Å². The summed E-state index contributed by atoms with van der Waals surface area (Å²) in [7, 11) is 0. The van der Waals surface area contributed by atoms with Crippen LogP contribution < -0.4 is 15.5 Å². The number of anilines is 2. The van der Waals surface area contributed by atoms with Crippen LogP contribution >= 0.6 is 11.8 Å². The van der Waals surface area contributed by atoms with Crippen LogP contribution in [0.25, 0.3) is 0 Å². The second-order valence-electron chi connectivity index (χ2n) is 5.44. The van der Waals surface area contributed by atoms with Gasteiger partial charge in [0.15, 0.2) is 5.57 Å². The maximum atomic E-state index is 12.0. The zero-order valence-electron chi connectivity index (χ0n) is 14.2. The van der Waals surface area contributed by atoms with E-state index in [0.29, 0.717) is 0 Å². The highest BCUT2D eigenvalue weighted by Crippen LogP contribution is 2.44. The molecule has 0 saturated carbocycles. The number of benzene rings is 1. The van der Waals surface area contributed by atoms with Crippen LogP contribution in [-0.4, -0.2) is 43.7 Å². The molecule has 2 aliphatic rings. The summed E-state index contributed by atoms with van der Waals surface area (Å²) in [4.78, 5) is 27.4. The summed E-state index contributed by atoms with van der Waals surface area (Å²) in [6.45, 7) is 5.73. The van der Waals surface area contributed by atoms with Gasteiger partial charge in [-0.2, -0.15) is 0 Å². The smallest absolute Gasteiger partial charge is 0.347 e. The predicted octanol–water partition coefficient (Wildman–Crippen LogP) is 1.91. The second-order valence-corrected chi connectivity index (χ2v) is 6.57. The number of carbonyl (C=O) groups is 2. The van der Waals surface area contributed by atoms with Crippen molar-refractivity contribution in [3.8, 4) is 0 Å². The van der Waals surface area contributed by atoms with Gasteiger partial charge in [0.05, 0.1) is 18.9 Å². The Kier molecular flexibility index (Phi) is 5.50. The molecule has 2 N–H and O–H groups in total. The molecule has 0 aliphatic carbocycles. The van der Waals surface area contributed by atoms with Crippen molar-refractivity contribution in [2.45, 2.75) is 24.2 Å². The van der Waals surface area contributed by atoms with E-state index in [1.807, 2.05) is 18.2 Å². The quantitative estimate of drug-likeness (QED) is 0.343. The van der Waals surface area contributed by atoms with Gasteiger partial charge >= 0.3 is 11.9 Å². The number of hydrogen-bond acceptors (Lipinski definition) is 8. The van der Waals surface area contributed by atoms with Crippen molar-refractivity contribution < 1.29 is 19.1 Å². The largest absolute Gasteiger partial charge is 0.462 e. The molecule has 2 heterocycles. The number of rotatable bonds is 6. The van der Waals surface area contributed by atoms with Crippen molar-refractivity contribution in [2.24, 2.45) is 0 Å². The first-order valence-corrected chi connectivity index (χ1v) is 9.13. The van der Waals surface area contributed by atoms with E-state index >= 15 is 0 Å². The van der Waals surface area contributed by atoms with Crippen LogP contribution in [0.4, 0.5) is 11.4 Å². The predicted molar refractivity (Wildman–Crippen MR) is 96.4 cm³/mol. The van der Waals surface area contributed by atoms with Gasteiger partial charge in [-0.25, -0.2) is 9.59 Å². The maximum absolute atomic E-state index is 12.0. The minimum Gasteiger partial charge on any atom is -0.462 e. The van der Waals surface area contributed by atoms with Crippen LogP contribution in [0, 0.1) is 0 Å². The summed E-state index contributed by atoms with van der Waals surface area (Å²) in [5, 5.41) is 6.43. The lowest BCUT2D eigenvalue weighted by Gasteiger charge is -2.16. The standard InChI is InChI=1S/C17H21N3O4S/c1-3-23-15(21)12(16(22)24-4-2)10-19-11-5-6-13-14(9-11)25-17-18-7-8-20(13)17/h5-6,9-10,17-19H,3-4,7-8H2,1-2H3. The molecule has 3 rings (SSSR count). The third kappa shape index (κ3) is 3.74. The Morgan fingerprint density at radius 3 is 2.72 bits per heavy atom. The van der Waals surface area contributed by atoms with E-state index < -0.39 is 11.9 Å². The lowest BCUT2D eigenvalue weighted by Crippen LogP contribution is -2.28. The average Bonchev–Trinajstić information content (AvgIpc) is 3.16.